The maximum Gasteiger partial charge on any atom is 0.251 e. The van der Waals surface area contributed by atoms with Crippen LogP contribution >= 0.6 is 0 Å². The Kier molecular flexibility index (Phi) is 5.62. The average molecular weight is 289 g/mol. The van der Waals surface area contributed by atoms with E-state index in [0.717, 1.165) is 36.3 Å². The van der Waals surface area contributed by atoms with Crippen molar-refractivity contribution in [2.45, 2.75) is 39.2 Å². The molecular weight excluding hydrogens is 262 g/mol. The van der Waals surface area contributed by atoms with Crippen LogP contribution in [0.25, 0.3) is 0 Å². The summed E-state index contributed by atoms with van der Waals surface area (Å²) < 4.78 is 0. The summed E-state index contributed by atoms with van der Waals surface area (Å²) in [6.45, 7) is 7.74. The van der Waals surface area contributed by atoms with Gasteiger partial charge in [0.2, 0.25) is 0 Å². The van der Waals surface area contributed by atoms with E-state index in [1.54, 1.807) is 7.05 Å². The van der Waals surface area contributed by atoms with Crippen molar-refractivity contribution >= 4 is 11.6 Å². The van der Waals surface area contributed by atoms with Crippen LogP contribution in [0.2, 0.25) is 0 Å². The number of nitrogens with zero attached hydrogens (tertiary/aromatic N) is 1. The van der Waals surface area contributed by atoms with Gasteiger partial charge in [-0.05, 0) is 57.0 Å². The maximum absolute atomic E-state index is 11.9. The third-order valence-corrected chi connectivity index (χ3v) is 4.43. The van der Waals surface area contributed by atoms with Crippen molar-refractivity contribution in [3.05, 3.63) is 29.3 Å². The van der Waals surface area contributed by atoms with Crippen LogP contribution in [0, 0.1) is 6.92 Å². The molecule has 0 bridgehead atoms. The molecule has 0 saturated carbocycles. The fraction of sp³-hybridized carbons (Fsp3) is 0.588. The number of amides is 1. The minimum Gasteiger partial charge on any atom is -0.382 e. The molecular formula is C17H27N3O. The lowest BCUT2D eigenvalue weighted by Gasteiger charge is -2.21. The molecule has 1 aliphatic rings. The number of hydrogen-bond acceptors (Lipinski definition) is 3. The molecule has 2 rings (SSSR count). The van der Waals surface area contributed by atoms with E-state index in [0.29, 0.717) is 6.04 Å². The lowest BCUT2D eigenvalue weighted by atomic mass is 10.0. The Morgan fingerprint density at radius 1 is 1.33 bits per heavy atom. The Labute approximate surface area is 127 Å². The zero-order valence-electron chi connectivity index (χ0n) is 13.4. The lowest BCUT2D eigenvalue weighted by molar-refractivity contribution is 0.0962. The van der Waals surface area contributed by atoms with Crippen molar-refractivity contribution in [3.63, 3.8) is 0 Å². The van der Waals surface area contributed by atoms with E-state index in [4.69, 9.17) is 0 Å². The lowest BCUT2D eigenvalue weighted by Crippen LogP contribution is -2.26. The van der Waals surface area contributed by atoms with Gasteiger partial charge < -0.3 is 15.5 Å². The van der Waals surface area contributed by atoms with E-state index >= 15 is 0 Å². The van der Waals surface area contributed by atoms with Gasteiger partial charge >= 0.3 is 0 Å². The van der Waals surface area contributed by atoms with Crippen LogP contribution in [0.5, 0.6) is 0 Å². The molecule has 1 fully saturated rings. The molecule has 1 aliphatic heterocycles. The number of benzene rings is 1. The molecule has 4 heteroatoms. The van der Waals surface area contributed by atoms with Crippen molar-refractivity contribution in [1.29, 1.82) is 0 Å². The van der Waals surface area contributed by atoms with E-state index in [2.05, 4.69) is 28.5 Å². The van der Waals surface area contributed by atoms with Gasteiger partial charge in [-0.2, -0.15) is 0 Å². The van der Waals surface area contributed by atoms with Gasteiger partial charge in [0, 0.05) is 30.9 Å². The number of rotatable bonds is 4. The monoisotopic (exact) mass is 289 g/mol. The molecule has 116 valence electrons. The maximum atomic E-state index is 11.9. The van der Waals surface area contributed by atoms with Crippen molar-refractivity contribution in [2.75, 3.05) is 32.0 Å². The summed E-state index contributed by atoms with van der Waals surface area (Å²) >= 11 is 0. The Bertz CT molecular complexity index is 487. The zero-order valence-corrected chi connectivity index (χ0v) is 13.4. The van der Waals surface area contributed by atoms with E-state index < -0.39 is 0 Å². The molecule has 0 spiro atoms. The first-order valence-corrected chi connectivity index (χ1v) is 7.96. The summed E-state index contributed by atoms with van der Waals surface area (Å²) in [5.74, 6) is -0.0193. The normalized spacial score (nSPS) is 19.9. The largest absolute Gasteiger partial charge is 0.382 e. The molecule has 0 radical (unpaired) electrons. The topological polar surface area (TPSA) is 44.4 Å². The Balaban J connectivity index is 2.07. The van der Waals surface area contributed by atoms with E-state index in [-0.39, 0.29) is 5.91 Å². The molecule has 1 unspecified atom stereocenters. The SMILES string of the molecule is CCN1CCCC(Nc2cccc(C(=O)NC)c2C)CC1. The van der Waals surface area contributed by atoms with Gasteiger partial charge in [0.1, 0.15) is 0 Å². The highest BCUT2D eigenvalue weighted by molar-refractivity contribution is 5.96. The Morgan fingerprint density at radius 3 is 2.86 bits per heavy atom. The fourth-order valence-corrected chi connectivity index (χ4v) is 3.01. The summed E-state index contributed by atoms with van der Waals surface area (Å²) in [7, 11) is 1.67. The highest BCUT2D eigenvalue weighted by Crippen LogP contribution is 2.22. The number of anilines is 1. The van der Waals surface area contributed by atoms with Crippen LogP contribution in [0.3, 0.4) is 0 Å². The molecule has 2 N–H and O–H groups in total. The second-order valence-electron chi connectivity index (χ2n) is 5.76. The second kappa shape index (κ2) is 7.46. The smallest absolute Gasteiger partial charge is 0.251 e. The third-order valence-electron chi connectivity index (χ3n) is 4.43. The van der Waals surface area contributed by atoms with Crippen LogP contribution in [0.4, 0.5) is 5.69 Å². The number of hydrogen-bond donors (Lipinski definition) is 2. The summed E-state index contributed by atoms with van der Waals surface area (Å²) in [4.78, 5) is 14.4. The van der Waals surface area contributed by atoms with Crippen LogP contribution in [0.15, 0.2) is 18.2 Å². The predicted molar refractivity (Wildman–Crippen MR) is 87.9 cm³/mol. The number of likely N-dealkylation sites (tertiary alicyclic amines) is 1. The van der Waals surface area contributed by atoms with Crippen LogP contribution in [-0.2, 0) is 0 Å². The Hall–Kier alpha value is -1.55. The molecule has 0 aromatic heterocycles. The zero-order chi connectivity index (χ0) is 15.2. The molecule has 21 heavy (non-hydrogen) atoms. The summed E-state index contributed by atoms with van der Waals surface area (Å²) in [5.41, 5.74) is 2.88. The van der Waals surface area contributed by atoms with Gasteiger partial charge in [-0.25, -0.2) is 0 Å². The molecule has 1 aromatic carbocycles. The summed E-state index contributed by atoms with van der Waals surface area (Å²) in [6, 6.07) is 6.41. The molecule has 1 atom stereocenters. The first-order chi connectivity index (χ1) is 10.2. The van der Waals surface area contributed by atoms with E-state index in [1.165, 1.54) is 19.4 Å². The minimum atomic E-state index is -0.0193. The van der Waals surface area contributed by atoms with Gasteiger partial charge in [-0.1, -0.05) is 13.0 Å². The Morgan fingerprint density at radius 2 is 2.14 bits per heavy atom. The number of nitrogens with one attached hydrogen (secondary N) is 2. The first kappa shape index (κ1) is 15.8. The van der Waals surface area contributed by atoms with E-state index in [9.17, 15) is 4.79 Å². The van der Waals surface area contributed by atoms with Gasteiger partial charge in [0.15, 0.2) is 0 Å². The quantitative estimate of drug-likeness (QED) is 0.895. The highest BCUT2D eigenvalue weighted by atomic mass is 16.1. The van der Waals surface area contributed by atoms with Crippen molar-refractivity contribution in [1.82, 2.24) is 10.2 Å². The molecule has 4 nitrogen and oxygen atoms in total. The average Bonchev–Trinajstić information content (AvgIpc) is 2.73. The molecule has 1 amide bonds. The molecule has 1 saturated heterocycles. The van der Waals surface area contributed by atoms with Crippen LogP contribution in [-0.4, -0.2) is 43.5 Å². The van der Waals surface area contributed by atoms with Gasteiger partial charge in [-0.15, -0.1) is 0 Å². The van der Waals surface area contributed by atoms with Crippen LogP contribution in [0.1, 0.15) is 42.1 Å². The molecule has 0 aliphatic carbocycles. The summed E-state index contributed by atoms with van der Waals surface area (Å²) in [6.07, 6.45) is 3.59. The van der Waals surface area contributed by atoms with Gasteiger partial charge in [0.05, 0.1) is 0 Å². The fourth-order valence-electron chi connectivity index (χ4n) is 3.01. The molecule has 1 aromatic rings. The van der Waals surface area contributed by atoms with Gasteiger partial charge in [-0.3, -0.25) is 4.79 Å². The van der Waals surface area contributed by atoms with Gasteiger partial charge in [0.25, 0.3) is 5.91 Å². The standard InChI is InChI=1S/C17H27N3O/c1-4-20-11-6-7-14(10-12-20)19-16-9-5-8-15(13(16)2)17(21)18-3/h5,8-9,14,19H,4,6-7,10-12H2,1-3H3,(H,18,21). The highest BCUT2D eigenvalue weighted by Gasteiger charge is 2.17. The predicted octanol–water partition coefficient (Wildman–Crippen LogP) is 2.64. The van der Waals surface area contributed by atoms with E-state index in [1.807, 2.05) is 19.1 Å². The number of carbonyl (C=O) groups excluding carboxylic acids is 1. The minimum absolute atomic E-state index is 0.0193. The van der Waals surface area contributed by atoms with Crippen LogP contribution < -0.4 is 10.6 Å². The number of carbonyl (C=O) groups is 1. The first-order valence-electron chi connectivity index (χ1n) is 7.96. The second-order valence-corrected chi connectivity index (χ2v) is 5.76. The van der Waals surface area contributed by atoms with Crippen molar-refractivity contribution in [3.8, 4) is 0 Å². The summed E-state index contributed by atoms with van der Waals surface area (Å²) in [5, 5.41) is 6.35. The third kappa shape index (κ3) is 3.97. The van der Waals surface area contributed by atoms with Crippen molar-refractivity contribution in [2.24, 2.45) is 0 Å². The van der Waals surface area contributed by atoms with Crippen molar-refractivity contribution < 1.29 is 4.79 Å². The molecule has 1 heterocycles.